The van der Waals surface area contributed by atoms with Gasteiger partial charge in [-0.1, -0.05) is 31.0 Å². The minimum absolute atomic E-state index is 0.138. The molecule has 1 saturated carbocycles. The van der Waals surface area contributed by atoms with Crippen molar-refractivity contribution in [3.63, 3.8) is 0 Å². The molecule has 2 aromatic rings. The molecular formula is C19H21NO5. The van der Waals surface area contributed by atoms with Crippen LogP contribution in [-0.2, 0) is 11.4 Å². The molecular weight excluding hydrogens is 322 g/mol. The number of carboxylic acids is 1. The van der Waals surface area contributed by atoms with Gasteiger partial charge in [-0.05, 0) is 38.0 Å². The van der Waals surface area contributed by atoms with Gasteiger partial charge in [-0.2, -0.15) is 0 Å². The Morgan fingerprint density at radius 2 is 1.92 bits per heavy atom. The van der Waals surface area contributed by atoms with Crippen molar-refractivity contribution in [3.05, 3.63) is 53.5 Å². The second-order valence-electron chi connectivity index (χ2n) is 6.38. The molecule has 132 valence electrons. The van der Waals surface area contributed by atoms with Crippen LogP contribution in [0.3, 0.4) is 0 Å². The molecule has 1 aromatic carbocycles. The van der Waals surface area contributed by atoms with Gasteiger partial charge in [-0.3, -0.25) is 4.79 Å². The van der Waals surface area contributed by atoms with Crippen molar-refractivity contribution < 1.29 is 23.8 Å². The average molecular weight is 343 g/mol. The van der Waals surface area contributed by atoms with E-state index in [0.29, 0.717) is 29.9 Å². The molecule has 1 fully saturated rings. The number of benzene rings is 1. The molecule has 1 amide bonds. The first-order valence-corrected chi connectivity index (χ1v) is 8.33. The average Bonchev–Trinajstić information content (AvgIpc) is 3.21. The van der Waals surface area contributed by atoms with Crippen molar-refractivity contribution in [2.75, 3.05) is 0 Å². The van der Waals surface area contributed by atoms with Crippen molar-refractivity contribution in [3.8, 4) is 5.75 Å². The molecule has 1 aliphatic carbocycles. The first-order chi connectivity index (χ1) is 12.0. The summed E-state index contributed by atoms with van der Waals surface area (Å²) in [5.74, 6) is -0.122. The Morgan fingerprint density at radius 1 is 1.24 bits per heavy atom. The van der Waals surface area contributed by atoms with Crippen molar-refractivity contribution in [2.24, 2.45) is 0 Å². The number of aliphatic carboxylic acids is 1. The number of carboxylic acid groups (broad SMARTS) is 1. The highest BCUT2D eigenvalue weighted by Crippen LogP contribution is 2.30. The van der Waals surface area contributed by atoms with Gasteiger partial charge < -0.3 is 19.6 Å². The van der Waals surface area contributed by atoms with Gasteiger partial charge in [0.2, 0.25) is 0 Å². The molecule has 0 saturated heterocycles. The Kier molecular flexibility index (Phi) is 4.79. The van der Waals surface area contributed by atoms with Crippen LogP contribution < -0.4 is 10.1 Å². The molecule has 0 spiro atoms. The van der Waals surface area contributed by atoms with E-state index in [1.54, 1.807) is 13.0 Å². The highest BCUT2D eigenvalue weighted by molar-refractivity contribution is 5.97. The minimum Gasteiger partial charge on any atom is -0.486 e. The molecule has 25 heavy (non-hydrogen) atoms. The fourth-order valence-electron chi connectivity index (χ4n) is 3.16. The van der Waals surface area contributed by atoms with Gasteiger partial charge in [-0.15, -0.1) is 0 Å². The molecule has 0 radical (unpaired) electrons. The summed E-state index contributed by atoms with van der Waals surface area (Å²) in [4.78, 5) is 24.1. The van der Waals surface area contributed by atoms with Gasteiger partial charge in [-0.25, -0.2) is 4.79 Å². The first kappa shape index (κ1) is 17.1. The minimum atomic E-state index is -1.18. The topological polar surface area (TPSA) is 88.8 Å². The standard InChI is InChI=1S/C19H21NO5/c1-13-11-15(12-24-14-7-3-2-4-8-14)25-16(13)17(21)20-19(18(22)23)9-5-6-10-19/h2-4,7-8,11H,5-6,9-10,12H2,1H3,(H,20,21)(H,22,23). The number of rotatable bonds is 6. The summed E-state index contributed by atoms with van der Waals surface area (Å²) < 4.78 is 11.2. The van der Waals surface area contributed by atoms with Crippen LogP contribution in [0.5, 0.6) is 5.75 Å². The molecule has 6 heteroatoms. The molecule has 0 unspecified atom stereocenters. The summed E-state index contributed by atoms with van der Waals surface area (Å²) in [7, 11) is 0. The van der Waals surface area contributed by atoms with Crippen LogP contribution in [0.25, 0.3) is 0 Å². The van der Waals surface area contributed by atoms with Gasteiger partial charge in [0.25, 0.3) is 5.91 Å². The number of carbonyl (C=O) groups excluding carboxylic acids is 1. The van der Waals surface area contributed by atoms with E-state index in [-0.39, 0.29) is 12.4 Å². The number of para-hydroxylation sites is 1. The first-order valence-electron chi connectivity index (χ1n) is 8.33. The van der Waals surface area contributed by atoms with E-state index in [1.807, 2.05) is 30.3 Å². The van der Waals surface area contributed by atoms with E-state index >= 15 is 0 Å². The lowest BCUT2D eigenvalue weighted by molar-refractivity contribution is -0.144. The molecule has 3 rings (SSSR count). The van der Waals surface area contributed by atoms with E-state index < -0.39 is 17.4 Å². The van der Waals surface area contributed by atoms with E-state index in [9.17, 15) is 14.7 Å². The van der Waals surface area contributed by atoms with Crippen LogP contribution in [0.1, 0.15) is 47.6 Å². The number of nitrogens with one attached hydrogen (secondary N) is 1. The van der Waals surface area contributed by atoms with Crippen LogP contribution in [0.15, 0.2) is 40.8 Å². The Hall–Kier alpha value is -2.76. The monoisotopic (exact) mass is 343 g/mol. The number of carbonyl (C=O) groups is 2. The predicted molar refractivity (Wildman–Crippen MR) is 90.5 cm³/mol. The fourth-order valence-corrected chi connectivity index (χ4v) is 3.16. The van der Waals surface area contributed by atoms with E-state index in [2.05, 4.69) is 5.32 Å². The molecule has 1 aliphatic rings. The molecule has 0 atom stereocenters. The van der Waals surface area contributed by atoms with Gasteiger partial charge >= 0.3 is 5.97 Å². The van der Waals surface area contributed by atoms with Gasteiger partial charge in [0, 0.05) is 5.56 Å². The highest BCUT2D eigenvalue weighted by atomic mass is 16.5. The van der Waals surface area contributed by atoms with Crippen LogP contribution >= 0.6 is 0 Å². The lowest BCUT2D eigenvalue weighted by Gasteiger charge is -2.24. The van der Waals surface area contributed by atoms with Crippen molar-refractivity contribution >= 4 is 11.9 Å². The number of hydrogen-bond donors (Lipinski definition) is 2. The van der Waals surface area contributed by atoms with Crippen LogP contribution in [-0.4, -0.2) is 22.5 Å². The second kappa shape index (κ2) is 7.01. The molecule has 0 bridgehead atoms. The summed E-state index contributed by atoms with van der Waals surface area (Å²) in [6, 6.07) is 11.0. The zero-order valence-corrected chi connectivity index (χ0v) is 14.1. The summed E-state index contributed by atoms with van der Waals surface area (Å²) in [5.41, 5.74) is -0.528. The second-order valence-corrected chi connectivity index (χ2v) is 6.38. The van der Waals surface area contributed by atoms with Crippen LogP contribution in [0.2, 0.25) is 0 Å². The molecule has 1 aromatic heterocycles. The number of amides is 1. The van der Waals surface area contributed by atoms with Gasteiger partial charge in [0.05, 0.1) is 0 Å². The zero-order chi connectivity index (χ0) is 17.9. The molecule has 2 N–H and O–H groups in total. The largest absolute Gasteiger partial charge is 0.486 e. The van der Waals surface area contributed by atoms with Crippen LogP contribution in [0, 0.1) is 6.92 Å². The Bertz CT molecular complexity index is 759. The maximum absolute atomic E-state index is 12.5. The number of hydrogen-bond acceptors (Lipinski definition) is 4. The SMILES string of the molecule is Cc1cc(COc2ccccc2)oc1C(=O)NC1(C(=O)O)CCCC1. The van der Waals surface area contributed by atoms with E-state index in [4.69, 9.17) is 9.15 Å². The lowest BCUT2D eigenvalue weighted by Crippen LogP contribution is -2.52. The summed E-state index contributed by atoms with van der Waals surface area (Å²) in [5, 5.41) is 12.1. The van der Waals surface area contributed by atoms with Crippen molar-refractivity contribution in [1.82, 2.24) is 5.32 Å². The molecule has 1 heterocycles. The predicted octanol–water partition coefficient (Wildman–Crippen LogP) is 3.29. The summed E-state index contributed by atoms with van der Waals surface area (Å²) in [6.45, 7) is 1.95. The lowest BCUT2D eigenvalue weighted by atomic mass is 9.97. The maximum Gasteiger partial charge on any atom is 0.329 e. The van der Waals surface area contributed by atoms with Gasteiger partial charge in [0.1, 0.15) is 23.7 Å². The quantitative estimate of drug-likeness (QED) is 0.840. The van der Waals surface area contributed by atoms with Crippen molar-refractivity contribution in [2.45, 2.75) is 44.8 Å². The normalized spacial score (nSPS) is 15.7. The van der Waals surface area contributed by atoms with Gasteiger partial charge in [0.15, 0.2) is 5.76 Å². The number of aryl methyl sites for hydroxylation is 1. The van der Waals surface area contributed by atoms with E-state index in [0.717, 1.165) is 12.8 Å². The Morgan fingerprint density at radius 3 is 2.56 bits per heavy atom. The summed E-state index contributed by atoms with van der Waals surface area (Å²) >= 11 is 0. The van der Waals surface area contributed by atoms with E-state index in [1.165, 1.54) is 0 Å². The fraction of sp³-hybridized carbons (Fsp3) is 0.368. The molecule has 6 nitrogen and oxygen atoms in total. The van der Waals surface area contributed by atoms with Crippen LogP contribution in [0.4, 0.5) is 0 Å². The van der Waals surface area contributed by atoms with Crippen molar-refractivity contribution in [1.29, 1.82) is 0 Å². The third-order valence-corrected chi connectivity index (χ3v) is 4.52. The number of furan rings is 1. The number of ether oxygens (including phenoxy) is 1. The Labute approximate surface area is 145 Å². The maximum atomic E-state index is 12.5. The third kappa shape index (κ3) is 3.68. The smallest absolute Gasteiger partial charge is 0.329 e. The summed E-state index contributed by atoms with van der Waals surface area (Å²) in [6.07, 6.45) is 2.47. The Balaban J connectivity index is 1.69. The zero-order valence-electron chi connectivity index (χ0n) is 14.1. The molecule has 0 aliphatic heterocycles. The highest BCUT2D eigenvalue weighted by Gasteiger charge is 2.43. The third-order valence-electron chi connectivity index (χ3n) is 4.52.